The lowest BCUT2D eigenvalue weighted by molar-refractivity contribution is 0.0619. The summed E-state index contributed by atoms with van der Waals surface area (Å²) in [5.41, 5.74) is 1.41. The van der Waals surface area contributed by atoms with Gasteiger partial charge in [-0.1, -0.05) is 0 Å². The van der Waals surface area contributed by atoms with Gasteiger partial charge in [-0.05, 0) is 38.3 Å². The lowest BCUT2D eigenvalue weighted by Crippen LogP contribution is -2.43. The molecule has 78 valence electrons. The molecule has 0 unspecified atom stereocenters. The van der Waals surface area contributed by atoms with Crippen molar-refractivity contribution in [2.24, 2.45) is 0 Å². The van der Waals surface area contributed by atoms with Crippen molar-refractivity contribution in [3.05, 3.63) is 21.4 Å². The van der Waals surface area contributed by atoms with Gasteiger partial charge >= 0.3 is 0 Å². The van der Waals surface area contributed by atoms with Crippen molar-refractivity contribution in [1.82, 2.24) is 5.32 Å². The van der Waals surface area contributed by atoms with Gasteiger partial charge in [-0.15, -0.1) is 11.3 Å². The van der Waals surface area contributed by atoms with Gasteiger partial charge in [0.2, 0.25) is 0 Å². The second kappa shape index (κ2) is 4.01. The Kier molecular flexibility index (Phi) is 2.91. The van der Waals surface area contributed by atoms with Crippen molar-refractivity contribution in [3.63, 3.8) is 0 Å². The Hall–Kier alpha value is -0.380. The zero-order chi connectivity index (χ0) is 10.1. The van der Waals surface area contributed by atoms with E-state index in [0.29, 0.717) is 6.04 Å². The van der Waals surface area contributed by atoms with Crippen LogP contribution in [0.3, 0.4) is 0 Å². The van der Waals surface area contributed by atoms with Crippen LogP contribution in [0.25, 0.3) is 0 Å². The molecule has 0 radical (unpaired) electrons. The zero-order valence-corrected chi connectivity index (χ0v) is 9.53. The molecule has 3 heteroatoms. The van der Waals surface area contributed by atoms with Crippen LogP contribution in [0.2, 0.25) is 0 Å². The summed E-state index contributed by atoms with van der Waals surface area (Å²) in [4.78, 5) is 2.79. The topological polar surface area (TPSA) is 32.3 Å². The van der Waals surface area contributed by atoms with Gasteiger partial charge < -0.3 is 10.4 Å². The third-order valence-corrected chi connectivity index (χ3v) is 3.85. The van der Waals surface area contributed by atoms with Crippen molar-refractivity contribution in [2.75, 3.05) is 0 Å². The number of nitrogens with one attached hydrogen (secondary N) is 1. The number of rotatable bonds is 3. The smallest absolute Gasteiger partial charge is 0.0570 e. The van der Waals surface area contributed by atoms with Crippen molar-refractivity contribution in [3.8, 4) is 0 Å². The molecule has 0 saturated heterocycles. The lowest BCUT2D eigenvalue weighted by atomic mass is 9.89. The van der Waals surface area contributed by atoms with Gasteiger partial charge in [0.25, 0.3) is 0 Å². The molecule has 1 fully saturated rings. The fourth-order valence-electron chi connectivity index (χ4n) is 1.87. The van der Waals surface area contributed by atoms with Crippen LogP contribution < -0.4 is 5.32 Å². The van der Waals surface area contributed by atoms with E-state index < -0.39 is 0 Å². The van der Waals surface area contributed by atoms with E-state index in [4.69, 9.17) is 5.11 Å². The first-order chi connectivity index (χ1) is 6.65. The summed E-state index contributed by atoms with van der Waals surface area (Å²) in [6.07, 6.45) is 1.78. The van der Waals surface area contributed by atoms with E-state index in [1.54, 1.807) is 0 Å². The number of thiophene rings is 1. The summed E-state index contributed by atoms with van der Waals surface area (Å²) < 4.78 is 0. The predicted molar refractivity (Wildman–Crippen MR) is 59.7 cm³/mol. The summed E-state index contributed by atoms with van der Waals surface area (Å²) in [5.74, 6) is 0. The van der Waals surface area contributed by atoms with Crippen molar-refractivity contribution in [1.29, 1.82) is 0 Å². The van der Waals surface area contributed by atoms with E-state index >= 15 is 0 Å². The molecular formula is C11H17NOS. The minimum Gasteiger partial charge on any atom is -0.393 e. The van der Waals surface area contributed by atoms with Gasteiger partial charge in [0.1, 0.15) is 0 Å². The molecule has 2 nitrogen and oxygen atoms in total. The van der Waals surface area contributed by atoms with Gasteiger partial charge in [-0.3, -0.25) is 0 Å². The second-order valence-corrected chi connectivity index (χ2v) is 5.60. The molecule has 1 aliphatic rings. The van der Waals surface area contributed by atoms with E-state index in [0.717, 1.165) is 19.4 Å². The minimum atomic E-state index is -0.0576. The van der Waals surface area contributed by atoms with Crippen LogP contribution >= 0.6 is 11.3 Å². The highest BCUT2D eigenvalue weighted by atomic mass is 32.1. The van der Waals surface area contributed by atoms with E-state index in [-0.39, 0.29) is 6.10 Å². The molecule has 0 atom stereocenters. The van der Waals surface area contributed by atoms with Crippen molar-refractivity contribution >= 4 is 11.3 Å². The summed E-state index contributed by atoms with van der Waals surface area (Å²) in [6.45, 7) is 5.27. The molecule has 0 aromatic carbocycles. The lowest BCUT2D eigenvalue weighted by Gasteiger charge is -2.32. The van der Waals surface area contributed by atoms with Crippen LogP contribution in [0.1, 0.15) is 28.2 Å². The molecule has 2 rings (SSSR count). The van der Waals surface area contributed by atoms with Gasteiger partial charge in [-0.2, -0.15) is 0 Å². The van der Waals surface area contributed by atoms with Gasteiger partial charge in [0.15, 0.2) is 0 Å². The number of hydrogen-bond donors (Lipinski definition) is 2. The van der Waals surface area contributed by atoms with Crippen LogP contribution in [-0.2, 0) is 6.54 Å². The van der Waals surface area contributed by atoms with Crippen LogP contribution in [0.4, 0.5) is 0 Å². The van der Waals surface area contributed by atoms with Crippen LogP contribution in [0.15, 0.2) is 6.07 Å². The molecular weight excluding hydrogens is 194 g/mol. The normalized spacial score (nSPS) is 26.2. The molecule has 1 saturated carbocycles. The number of hydrogen-bond acceptors (Lipinski definition) is 3. The Morgan fingerprint density at radius 3 is 2.71 bits per heavy atom. The summed E-state index contributed by atoms with van der Waals surface area (Å²) in [5, 5.41) is 12.6. The monoisotopic (exact) mass is 211 g/mol. The van der Waals surface area contributed by atoms with E-state index in [2.05, 4.69) is 25.2 Å². The Bertz CT molecular complexity index is 315. The SMILES string of the molecule is Cc1cc(CNC2CC(O)C2)c(C)s1. The highest BCUT2D eigenvalue weighted by Crippen LogP contribution is 2.23. The minimum absolute atomic E-state index is 0.0576. The van der Waals surface area contributed by atoms with Gasteiger partial charge in [-0.25, -0.2) is 0 Å². The highest BCUT2D eigenvalue weighted by molar-refractivity contribution is 7.12. The number of aliphatic hydroxyl groups excluding tert-OH is 1. The highest BCUT2D eigenvalue weighted by Gasteiger charge is 2.26. The van der Waals surface area contributed by atoms with E-state index in [1.807, 2.05) is 11.3 Å². The average molecular weight is 211 g/mol. The van der Waals surface area contributed by atoms with Crippen molar-refractivity contribution in [2.45, 2.75) is 45.4 Å². The van der Waals surface area contributed by atoms with E-state index in [1.165, 1.54) is 15.3 Å². The predicted octanol–water partition coefficient (Wildman–Crippen LogP) is 1.98. The number of aryl methyl sites for hydroxylation is 2. The summed E-state index contributed by atoms with van der Waals surface area (Å²) >= 11 is 1.86. The maximum Gasteiger partial charge on any atom is 0.0570 e. The molecule has 0 bridgehead atoms. The molecule has 0 amide bonds. The fraction of sp³-hybridized carbons (Fsp3) is 0.636. The second-order valence-electron chi connectivity index (χ2n) is 4.14. The molecule has 0 spiro atoms. The Balaban J connectivity index is 1.83. The Labute approximate surface area is 89.0 Å². The zero-order valence-electron chi connectivity index (χ0n) is 8.71. The first-order valence-corrected chi connectivity index (χ1v) is 5.94. The fourth-order valence-corrected chi connectivity index (χ4v) is 2.81. The van der Waals surface area contributed by atoms with Crippen molar-refractivity contribution < 1.29 is 5.11 Å². The molecule has 1 heterocycles. The van der Waals surface area contributed by atoms with Crippen LogP contribution in [0, 0.1) is 13.8 Å². The first-order valence-electron chi connectivity index (χ1n) is 5.12. The van der Waals surface area contributed by atoms with E-state index in [9.17, 15) is 0 Å². The van der Waals surface area contributed by atoms with Gasteiger partial charge in [0, 0.05) is 22.3 Å². The summed E-state index contributed by atoms with van der Waals surface area (Å²) in [7, 11) is 0. The third kappa shape index (κ3) is 2.16. The third-order valence-electron chi connectivity index (χ3n) is 2.84. The quantitative estimate of drug-likeness (QED) is 0.801. The molecule has 1 aromatic heterocycles. The van der Waals surface area contributed by atoms with Gasteiger partial charge in [0.05, 0.1) is 6.10 Å². The Morgan fingerprint density at radius 2 is 2.21 bits per heavy atom. The number of aliphatic hydroxyl groups is 1. The maximum atomic E-state index is 9.14. The largest absolute Gasteiger partial charge is 0.393 e. The molecule has 14 heavy (non-hydrogen) atoms. The first kappa shape index (κ1) is 10.1. The average Bonchev–Trinajstić information content (AvgIpc) is 2.37. The standard InChI is InChI=1S/C11H17NOS/c1-7-3-9(8(2)14-7)6-12-10-4-11(13)5-10/h3,10-13H,4-6H2,1-2H3. The van der Waals surface area contributed by atoms with Crippen LogP contribution in [0.5, 0.6) is 0 Å². The van der Waals surface area contributed by atoms with Crippen LogP contribution in [-0.4, -0.2) is 17.3 Å². The Morgan fingerprint density at radius 1 is 1.50 bits per heavy atom. The maximum absolute atomic E-state index is 9.14. The molecule has 2 N–H and O–H groups in total. The molecule has 0 aliphatic heterocycles. The molecule has 1 aliphatic carbocycles. The molecule has 1 aromatic rings. The summed E-state index contributed by atoms with van der Waals surface area (Å²) in [6, 6.07) is 2.78.